The lowest BCUT2D eigenvalue weighted by molar-refractivity contribution is 0.100. The average Bonchev–Trinajstić information content (AvgIpc) is 2.46. The number of nitrogens with one attached hydrogen (secondary N) is 1. The van der Waals surface area contributed by atoms with Gasteiger partial charge in [0.25, 0.3) is 0 Å². The van der Waals surface area contributed by atoms with Gasteiger partial charge in [-0.15, -0.1) is 0 Å². The summed E-state index contributed by atoms with van der Waals surface area (Å²) in [5.74, 6) is 0. The van der Waals surface area contributed by atoms with E-state index in [1.54, 1.807) is 0 Å². The van der Waals surface area contributed by atoms with E-state index in [4.69, 9.17) is 4.74 Å². The number of hydrogen-bond acceptors (Lipinski definition) is 2. The Hall–Kier alpha value is -1.64. The van der Waals surface area contributed by atoms with Crippen LogP contribution in [0.25, 0.3) is 0 Å². The predicted octanol–water partition coefficient (Wildman–Crippen LogP) is 3.78. The lowest BCUT2D eigenvalue weighted by Gasteiger charge is -2.19. The molecule has 2 nitrogen and oxygen atoms in total. The Bertz CT molecular complexity index is 536. The van der Waals surface area contributed by atoms with Crippen LogP contribution < -0.4 is 5.32 Å². The monoisotopic (exact) mass is 269 g/mol. The third-order valence-electron chi connectivity index (χ3n) is 3.55. The van der Waals surface area contributed by atoms with Crippen LogP contribution in [0.2, 0.25) is 0 Å². The summed E-state index contributed by atoms with van der Waals surface area (Å²) in [7, 11) is 1.98. The highest BCUT2D eigenvalue weighted by atomic mass is 16.5. The minimum atomic E-state index is 0.235. The van der Waals surface area contributed by atoms with Crippen molar-refractivity contribution in [3.05, 3.63) is 70.8 Å². The minimum absolute atomic E-state index is 0.235. The van der Waals surface area contributed by atoms with Crippen LogP contribution in [0.1, 0.15) is 28.3 Å². The molecular weight excluding hydrogens is 246 g/mol. The fraction of sp³-hybridized carbons (Fsp3) is 0.333. The topological polar surface area (TPSA) is 21.3 Å². The molecule has 0 saturated heterocycles. The summed E-state index contributed by atoms with van der Waals surface area (Å²) in [6.45, 7) is 5.61. The van der Waals surface area contributed by atoms with E-state index in [0.29, 0.717) is 13.2 Å². The Morgan fingerprint density at radius 1 is 1.05 bits per heavy atom. The maximum atomic E-state index is 5.85. The summed E-state index contributed by atoms with van der Waals surface area (Å²) in [6.07, 6.45) is 0. The van der Waals surface area contributed by atoms with E-state index in [0.717, 1.165) is 0 Å². The van der Waals surface area contributed by atoms with Gasteiger partial charge in [-0.05, 0) is 37.6 Å². The molecule has 2 rings (SSSR count). The van der Waals surface area contributed by atoms with Gasteiger partial charge in [-0.25, -0.2) is 0 Å². The van der Waals surface area contributed by atoms with Gasteiger partial charge in [0.15, 0.2) is 0 Å². The van der Waals surface area contributed by atoms with Crippen molar-refractivity contribution < 1.29 is 4.74 Å². The molecule has 1 unspecified atom stereocenters. The Kier molecular flexibility index (Phi) is 5.33. The molecule has 20 heavy (non-hydrogen) atoms. The normalized spacial score (nSPS) is 12.3. The maximum absolute atomic E-state index is 5.85. The highest BCUT2D eigenvalue weighted by molar-refractivity contribution is 5.32. The minimum Gasteiger partial charge on any atom is -0.375 e. The Morgan fingerprint density at radius 3 is 2.45 bits per heavy atom. The van der Waals surface area contributed by atoms with Gasteiger partial charge >= 0.3 is 0 Å². The summed E-state index contributed by atoms with van der Waals surface area (Å²) in [5.41, 5.74) is 5.13. The zero-order chi connectivity index (χ0) is 14.4. The molecule has 0 aliphatic rings. The molecule has 0 aromatic heterocycles. The number of benzene rings is 2. The van der Waals surface area contributed by atoms with E-state index in [1.807, 2.05) is 25.2 Å². The Morgan fingerprint density at radius 2 is 1.80 bits per heavy atom. The standard InChI is InChI=1S/C18H23NO/c1-14-9-10-17(15(2)11-14)18(19-3)13-20-12-16-7-5-4-6-8-16/h4-11,18-19H,12-13H2,1-3H3. The number of hydrogen-bond donors (Lipinski definition) is 1. The van der Waals surface area contributed by atoms with Gasteiger partial charge in [-0.1, -0.05) is 54.1 Å². The zero-order valence-electron chi connectivity index (χ0n) is 12.5. The predicted molar refractivity (Wildman–Crippen MR) is 83.8 cm³/mol. The highest BCUT2D eigenvalue weighted by Gasteiger charge is 2.11. The molecule has 1 N–H and O–H groups in total. The molecule has 106 valence electrons. The van der Waals surface area contributed by atoms with Crippen molar-refractivity contribution in [3.8, 4) is 0 Å². The Labute approximate surface area is 121 Å². The molecule has 1 atom stereocenters. The van der Waals surface area contributed by atoms with Crippen molar-refractivity contribution >= 4 is 0 Å². The second kappa shape index (κ2) is 7.22. The average molecular weight is 269 g/mol. The molecule has 0 aliphatic heterocycles. The Balaban J connectivity index is 1.95. The van der Waals surface area contributed by atoms with Gasteiger partial charge < -0.3 is 10.1 Å². The molecular formula is C18H23NO. The largest absolute Gasteiger partial charge is 0.375 e. The van der Waals surface area contributed by atoms with Crippen LogP contribution >= 0.6 is 0 Å². The summed E-state index contributed by atoms with van der Waals surface area (Å²) >= 11 is 0. The smallest absolute Gasteiger partial charge is 0.0717 e. The van der Waals surface area contributed by atoms with E-state index in [2.05, 4.69) is 49.5 Å². The fourth-order valence-electron chi connectivity index (χ4n) is 2.41. The SMILES string of the molecule is CNC(COCc1ccccc1)c1ccc(C)cc1C. The van der Waals surface area contributed by atoms with E-state index in [-0.39, 0.29) is 6.04 Å². The molecule has 0 heterocycles. The maximum Gasteiger partial charge on any atom is 0.0717 e. The lowest BCUT2D eigenvalue weighted by atomic mass is 10.00. The van der Waals surface area contributed by atoms with Crippen LogP contribution in [0.5, 0.6) is 0 Å². The van der Waals surface area contributed by atoms with Crippen LogP contribution in [0.4, 0.5) is 0 Å². The molecule has 0 amide bonds. The number of ether oxygens (including phenoxy) is 1. The van der Waals surface area contributed by atoms with E-state index < -0.39 is 0 Å². The van der Waals surface area contributed by atoms with Crippen molar-refractivity contribution in [1.82, 2.24) is 5.32 Å². The van der Waals surface area contributed by atoms with Crippen molar-refractivity contribution in [1.29, 1.82) is 0 Å². The summed E-state index contributed by atoms with van der Waals surface area (Å²) in [4.78, 5) is 0. The molecule has 0 fully saturated rings. The van der Waals surface area contributed by atoms with E-state index in [1.165, 1.54) is 22.3 Å². The molecule has 0 saturated carbocycles. The highest BCUT2D eigenvalue weighted by Crippen LogP contribution is 2.19. The molecule has 0 spiro atoms. The molecule has 0 bridgehead atoms. The zero-order valence-corrected chi connectivity index (χ0v) is 12.5. The van der Waals surface area contributed by atoms with Gasteiger partial charge in [0, 0.05) is 0 Å². The molecule has 0 radical (unpaired) electrons. The fourth-order valence-corrected chi connectivity index (χ4v) is 2.41. The molecule has 2 aromatic rings. The first-order chi connectivity index (χ1) is 9.70. The van der Waals surface area contributed by atoms with Gasteiger partial charge in [0.2, 0.25) is 0 Å². The van der Waals surface area contributed by atoms with Crippen LogP contribution in [0.3, 0.4) is 0 Å². The van der Waals surface area contributed by atoms with Gasteiger partial charge in [0.05, 0.1) is 19.3 Å². The quantitative estimate of drug-likeness (QED) is 0.861. The third kappa shape index (κ3) is 3.92. The van der Waals surface area contributed by atoms with Crippen LogP contribution in [-0.4, -0.2) is 13.7 Å². The summed E-state index contributed by atoms with van der Waals surface area (Å²) in [6, 6.07) is 17.1. The van der Waals surface area contributed by atoms with Gasteiger partial charge in [-0.3, -0.25) is 0 Å². The first kappa shape index (κ1) is 14.8. The molecule has 0 aliphatic carbocycles. The van der Waals surface area contributed by atoms with E-state index in [9.17, 15) is 0 Å². The van der Waals surface area contributed by atoms with Crippen LogP contribution in [0, 0.1) is 13.8 Å². The summed E-state index contributed by atoms with van der Waals surface area (Å²) in [5, 5.41) is 3.34. The third-order valence-corrected chi connectivity index (χ3v) is 3.55. The van der Waals surface area contributed by atoms with Crippen molar-refractivity contribution in [2.24, 2.45) is 0 Å². The van der Waals surface area contributed by atoms with E-state index >= 15 is 0 Å². The van der Waals surface area contributed by atoms with Crippen molar-refractivity contribution in [2.75, 3.05) is 13.7 Å². The summed E-state index contributed by atoms with van der Waals surface area (Å²) < 4.78 is 5.85. The van der Waals surface area contributed by atoms with Crippen molar-refractivity contribution in [2.45, 2.75) is 26.5 Å². The second-order valence-corrected chi connectivity index (χ2v) is 5.20. The number of likely N-dealkylation sites (N-methyl/N-ethyl adjacent to an activating group) is 1. The van der Waals surface area contributed by atoms with Crippen LogP contribution in [-0.2, 0) is 11.3 Å². The van der Waals surface area contributed by atoms with Crippen LogP contribution in [0.15, 0.2) is 48.5 Å². The molecule has 2 heteroatoms. The number of aryl methyl sites for hydroxylation is 2. The number of rotatable bonds is 6. The van der Waals surface area contributed by atoms with Gasteiger partial charge in [0.1, 0.15) is 0 Å². The van der Waals surface area contributed by atoms with Crippen molar-refractivity contribution in [3.63, 3.8) is 0 Å². The first-order valence-electron chi connectivity index (χ1n) is 7.07. The molecule has 2 aromatic carbocycles. The second-order valence-electron chi connectivity index (χ2n) is 5.20. The first-order valence-corrected chi connectivity index (χ1v) is 7.07. The lowest BCUT2D eigenvalue weighted by Crippen LogP contribution is -2.22. The van der Waals surface area contributed by atoms with Gasteiger partial charge in [-0.2, -0.15) is 0 Å².